The fourth-order valence-electron chi connectivity index (χ4n) is 2.32. The van der Waals surface area contributed by atoms with Crippen molar-refractivity contribution in [3.63, 3.8) is 0 Å². The molecule has 19 heavy (non-hydrogen) atoms. The number of ether oxygens (including phenoxy) is 1. The molecule has 0 saturated carbocycles. The van der Waals surface area contributed by atoms with Gasteiger partial charge < -0.3 is 15.4 Å². The lowest BCUT2D eigenvalue weighted by Gasteiger charge is -2.34. The minimum atomic E-state index is -0.286. The Hall–Kier alpha value is -1.62. The van der Waals surface area contributed by atoms with Crippen molar-refractivity contribution in [1.29, 1.82) is 0 Å². The lowest BCUT2D eigenvalue weighted by molar-refractivity contribution is 0.0273. The summed E-state index contributed by atoms with van der Waals surface area (Å²) in [6.45, 7) is 5.26. The summed E-state index contributed by atoms with van der Waals surface area (Å²) in [5.74, 6) is -0.107. The molecule has 0 aromatic carbocycles. The van der Waals surface area contributed by atoms with Gasteiger partial charge in [-0.15, -0.1) is 0 Å². The van der Waals surface area contributed by atoms with Gasteiger partial charge in [-0.3, -0.25) is 9.78 Å². The van der Waals surface area contributed by atoms with Crippen LogP contribution in [0.25, 0.3) is 0 Å². The molecule has 2 heterocycles. The van der Waals surface area contributed by atoms with Crippen LogP contribution in [-0.4, -0.2) is 36.7 Å². The van der Waals surface area contributed by atoms with E-state index >= 15 is 0 Å². The number of hydrogen-bond acceptors (Lipinski definition) is 4. The minimum absolute atomic E-state index is 0.107. The number of carbonyl (C=O) groups is 1. The van der Waals surface area contributed by atoms with Crippen LogP contribution in [0.3, 0.4) is 0 Å². The summed E-state index contributed by atoms with van der Waals surface area (Å²) in [5.41, 5.74) is 1.96. The summed E-state index contributed by atoms with van der Waals surface area (Å²) in [6.07, 6.45) is 3.53. The van der Waals surface area contributed by atoms with E-state index in [9.17, 15) is 4.79 Å². The number of carbonyl (C=O) groups excluding carboxylic acids is 1. The molecular weight excluding hydrogens is 242 g/mol. The lowest BCUT2D eigenvalue weighted by Crippen LogP contribution is -2.51. The van der Waals surface area contributed by atoms with Gasteiger partial charge in [0.15, 0.2) is 0 Å². The van der Waals surface area contributed by atoms with E-state index in [1.54, 1.807) is 13.2 Å². The first kappa shape index (κ1) is 13.8. The third-order valence-corrected chi connectivity index (χ3v) is 3.41. The molecule has 1 atom stereocenters. The van der Waals surface area contributed by atoms with Crippen LogP contribution < -0.4 is 10.6 Å². The van der Waals surface area contributed by atoms with E-state index in [2.05, 4.69) is 15.6 Å². The smallest absolute Gasteiger partial charge is 0.255 e. The van der Waals surface area contributed by atoms with Gasteiger partial charge >= 0.3 is 0 Å². The van der Waals surface area contributed by atoms with E-state index in [4.69, 9.17) is 4.74 Å². The van der Waals surface area contributed by atoms with Crippen molar-refractivity contribution < 1.29 is 9.53 Å². The Bertz CT molecular complexity index is 468. The second-order valence-corrected chi connectivity index (χ2v) is 5.29. The Kier molecular flexibility index (Phi) is 4.04. The first-order valence-electron chi connectivity index (χ1n) is 6.59. The highest BCUT2D eigenvalue weighted by Crippen LogP contribution is 2.21. The topological polar surface area (TPSA) is 63.2 Å². The van der Waals surface area contributed by atoms with Gasteiger partial charge in [-0.05, 0) is 32.8 Å². The minimum Gasteiger partial charge on any atom is -0.387 e. The zero-order chi connectivity index (χ0) is 13.9. The van der Waals surface area contributed by atoms with Crippen molar-refractivity contribution in [3.05, 3.63) is 23.5 Å². The first-order valence-corrected chi connectivity index (χ1v) is 6.59. The molecule has 0 bridgehead atoms. The van der Waals surface area contributed by atoms with Crippen molar-refractivity contribution >= 4 is 11.6 Å². The molecule has 1 aliphatic heterocycles. The van der Waals surface area contributed by atoms with E-state index in [1.807, 2.05) is 19.9 Å². The van der Waals surface area contributed by atoms with Gasteiger partial charge in [-0.1, -0.05) is 0 Å². The zero-order valence-corrected chi connectivity index (χ0v) is 11.7. The largest absolute Gasteiger partial charge is 0.387 e. The molecule has 1 aromatic rings. The molecule has 104 valence electrons. The van der Waals surface area contributed by atoms with Crippen molar-refractivity contribution in [2.24, 2.45) is 0 Å². The van der Waals surface area contributed by atoms with Crippen LogP contribution in [-0.2, 0) is 4.74 Å². The van der Waals surface area contributed by atoms with Gasteiger partial charge in [0, 0.05) is 25.5 Å². The maximum absolute atomic E-state index is 12.4. The highest BCUT2D eigenvalue weighted by Gasteiger charge is 2.30. The summed E-state index contributed by atoms with van der Waals surface area (Å²) in [5, 5.41) is 6.10. The third-order valence-electron chi connectivity index (χ3n) is 3.41. The summed E-state index contributed by atoms with van der Waals surface area (Å²) >= 11 is 0. The second kappa shape index (κ2) is 5.57. The van der Waals surface area contributed by atoms with Crippen molar-refractivity contribution in [2.45, 2.75) is 32.2 Å². The van der Waals surface area contributed by atoms with E-state index in [-0.39, 0.29) is 11.4 Å². The van der Waals surface area contributed by atoms with Crippen LogP contribution in [0.4, 0.5) is 5.69 Å². The van der Waals surface area contributed by atoms with Crippen LogP contribution in [0.1, 0.15) is 35.8 Å². The Balaban J connectivity index is 2.15. The van der Waals surface area contributed by atoms with E-state index < -0.39 is 0 Å². The summed E-state index contributed by atoms with van der Waals surface area (Å²) in [6, 6.07) is 1.87. The Morgan fingerprint density at radius 1 is 1.53 bits per heavy atom. The summed E-state index contributed by atoms with van der Waals surface area (Å²) in [4.78, 5) is 16.6. The van der Waals surface area contributed by atoms with Crippen molar-refractivity contribution in [3.8, 4) is 0 Å². The van der Waals surface area contributed by atoms with Crippen LogP contribution in [0, 0.1) is 6.92 Å². The molecule has 1 fully saturated rings. The van der Waals surface area contributed by atoms with Gasteiger partial charge in [-0.2, -0.15) is 0 Å². The predicted molar refractivity (Wildman–Crippen MR) is 74.4 cm³/mol. The number of amides is 1. The average Bonchev–Trinajstić information content (AvgIpc) is 2.38. The van der Waals surface area contributed by atoms with Gasteiger partial charge in [0.1, 0.15) is 0 Å². The maximum atomic E-state index is 12.4. The monoisotopic (exact) mass is 263 g/mol. The molecule has 1 saturated heterocycles. The standard InChI is InChI=1S/C14H21N3O2/c1-10-7-12(15-3)11(8-16-10)13(18)17-14(2)5-4-6-19-9-14/h7-8H,4-6,9H2,1-3H3,(H,15,16)(H,17,18). The van der Waals surface area contributed by atoms with Crippen LogP contribution in [0.5, 0.6) is 0 Å². The van der Waals surface area contributed by atoms with Crippen LogP contribution in [0.2, 0.25) is 0 Å². The number of nitrogens with zero attached hydrogens (tertiary/aromatic N) is 1. The molecule has 5 heteroatoms. The van der Waals surface area contributed by atoms with Crippen molar-refractivity contribution in [2.75, 3.05) is 25.6 Å². The van der Waals surface area contributed by atoms with Gasteiger partial charge in [0.2, 0.25) is 0 Å². The molecule has 1 amide bonds. The fraction of sp³-hybridized carbons (Fsp3) is 0.571. The number of rotatable bonds is 3. The number of aryl methyl sites for hydroxylation is 1. The quantitative estimate of drug-likeness (QED) is 0.871. The molecule has 2 rings (SSSR count). The molecule has 0 aliphatic carbocycles. The SMILES string of the molecule is CNc1cc(C)ncc1C(=O)NC1(C)CCCOC1. The predicted octanol–water partition coefficient (Wildman–Crippen LogP) is 1.73. The highest BCUT2D eigenvalue weighted by atomic mass is 16.5. The van der Waals surface area contributed by atoms with E-state index in [0.717, 1.165) is 30.8 Å². The van der Waals surface area contributed by atoms with Crippen molar-refractivity contribution in [1.82, 2.24) is 10.3 Å². The zero-order valence-electron chi connectivity index (χ0n) is 11.7. The lowest BCUT2D eigenvalue weighted by atomic mass is 9.94. The molecule has 1 unspecified atom stereocenters. The second-order valence-electron chi connectivity index (χ2n) is 5.29. The van der Waals surface area contributed by atoms with Gasteiger partial charge in [0.25, 0.3) is 5.91 Å². The molecule has 0 spiro atoms. The third kappa shape index (κ3) is 3.23. The maximum Gasteiger partial charge on any atom is 0.255 e. The van der Waals surface area contributed by atoms with E-state index in [0.29, 0.717) is 12.2 Å². The average molecular weight is 263 g/mol. The number of anilines is 1. The highest BCUT2D eigenvalue weighted by molar-refractivity contribution is 5.99. The van der Waals surface area contributed by atoms with E-state index in [1.165, 1.54) is 0 Å². The van der Waals surface area contributed by atoms with Crippen LogP contribution in [0.15, 0.2) is 12.3 Å². The first-order chi connectivity index (χ1) is 9.04. The Morgan fingerprint density at radius 2 is 2.32 bits per heavy atom. The molecule has 2 N–H and O–H groups in total. The fourth-order valence-corrected chi connectivity index (χ4v) is 2.32. The Morgan fingerprint density at radius 3 is 2.95 bits per heavy atom. The molecule has 1 aromatic heterocycles. The molecule has 1 aliphatic rings. The Labute approximate surface area is 113 Å². The molecule has 0 radical (unpaired) electrons. The van der Waals surface area contributed by atoms with Crippen LogP contribution >= 0.6 is 0 Å². The van der Waals surface area contributed by atoms with Gasteiger partial charge in [-0.25, -0.2) is 0 Å². The number of pyridine rings is 1. The van der Waals surface area contributed by atoms with Gasteiger partial charge in [0.05, 0.1) is 23.4 Å². The number of nitrogens with one attached hydrogen (secondary N) is 2. The molecular formula is C14H21N3O2. The molecule has 5 nitrogen and oxygen atoms in total. The summed E-state index contributed by atoms with van der Waals surface area (Å²) < 4.78 is 5.45. The normalized spacial score (nSPS) is 22.9. The number of aromatic nitrogens is 1. The summed E-state index contributed by atoms with van der Waals surface area (Å²) in [7, 11) is 1.80. The number of hydrogen-bond donors (Lipinski definition) is 2.